The number of non-ortho nitro benzene ring substituents is 1. The van der Waals surface area contributed by atoms with Gasteiger partial charge in [-0.05, 0) is 42.0 Å². The Morgan fingerprint density at radius 3 is 1.70 bits per heavy atom. The molecule has 0 aliphatic heterocycles. The zero-order valence-electron chi connectivity index (χ0n) is 14.1. The van der Waals surface area contributed by atoms with Crippen molar-refractivity contribution in [1.29, 1.82) is 0 Å². The summed E-state index contributed by atoms with van der Waals surface area (Å²) >= 11 is 0. The van der Waals surface area contributed by atoms with E-state index in [0.717, 1.165) is 0 Å². The first-order valence-corrected chi connectivity index (χ1v) is 9.47. The van der Waals surface area contributed by atoms with Crippen LogP contribution in [0, 0.1) is 10.1 Å². The Labute approximate surface area is 155 Å². The quantitative estimate of drug-likeness (QED) is 0.294. The van der Waals surface area contributed by atoms with Crippen LogP contribution in [0.15, 0.2) is 84.9 Å². The van der Waals surface area contributed by atoms with Gasteiger partial charge in [0.2, 0.25) is 0 Å². The molecular weight excluding hydrogens is 369 g/mol. The van der Waals surface area contributed by atoms with E-state index in [1.165, 1.54) is 24.3 Å². The Morgan fingerprint density at radius 1 is 0.778 bits per heavy atom. The number of hydrogen-bond acceptors (Lipinski definition) is 6. The van der Waals surface area contributed by atoms with Crippen molar-refractivity contribution in [2.45, 2.75) is 6.61 Å². The molecule has 0 fully saturated rings. The summed E-state index contributed by atoms with van der Waals surface area (Å²) in [5.41, 5.74) is 0.553. The molecule has 0 spiro atoms. The van der Waals surface area contributed by atoms with Crippen LogP contribution < -0.4 is 9.05 Å². The highest BCUT2D eigenvalue weighted by atomic mass is 31.2. The standard InChI is InChI=1S/C19H16NO6P/c21-20(22)17-13-11-16(12-14-17)15-24-27(23,25-18-7-3-1-4-8-18)26-19-9-5-2-6-10-19/h1-14H,15H2. The van der Waals surface area contributed by atoms with Gasteiger partial charge in [0.1, 0.15) is 11.5 Å². The molecule has 3 aromatic carbocycles. The summed E-state index contributed by atoms with van der Waals surface area (Å²) in [6, 6.07) is 22.8. The Morgan fingerprint density at radius 2 is 1.26 bits per heavy atom. The summed E-state index contributed by atoms with van der Waals surface area (Å²) in [5, 5.41) is 10.7. The number of hydrogen-bond donors (Lipinski definition) is 0. The lowest BCUT2D eigenvalue weighted by Crippen LogP contribution is -2.05. The Kier molecular flexibility index (Phi) is 5.86. The maximum Gasteiger partial charge on any atom is 0.587 e. The predicted octanol–water partition coefficient (Wildman–Crippen LogP) is 5.38. The van der Waals surface area contributed by atoms with E-state index in [1.807, 2.05) is 0 Å². The minimum atomic E-state index is -3.99. The molecule has 0 unspecified atom stereocenters. The molecule has 0 aliphatic rings. The number of nitro benzene ring substituents is 1. The molecule has 0 saturated heterocycles. The number of phosphoric ester groups is 1. The Balaban J connectivity index is 1.76. The normalized spacial score (nSPS) is 11.0. The van der Waals surface area contributed by atoms with E-state index in [0.29, 0.717) is 17.1 Å². The highest BCUT2D eigenvalue weighted by Crippen LogP contribution is 2.50. The van der Waals surface area contributed by atoms with Crippen molar-refractivity contribution in [3.8, 4) is 11.5 Å². The highest BCUT2D eigenvalue weighted by molar-refractivity contribution is 7.49. The number of phosphoric acid groups is 1. The van der Waals surface area contributed by atoms with Gasteiger partial charge in [0.05, 0.1) is 11.5 Å². The van der Waals surface area contributed by atoms with Gasteiger partial charge in [0, 0.05) is 12.1 Å². The third-order valence-electron chi connectivity index (χ3n) is 3.46. The molecule has 7 nitrogen and oxygen atoms in total. The molecule has 0 N–H and O–H groups in total. The van der Waals surface area contributed by atoms with Gasteiger partial charge in [0.15, 0.2) is 0 Å². The lowest BCUT2D eigenvalue weighted by Gasteiger charge is -2.19. The number of benzene rings is 3. The highest BCUT2D eigenvalue weighted by Gasteiger charge is 2.31. The first-order chi connectivity index (χ1) is 13.0. The molecule has 0 aromatic heterocycles. The van der Waals surface area contributed by atoms with E-state index >= 15 is 0 Å². The molecule has 138 valence electrons. The van der Waals surface area contributed by atoms with Crippen molar-refractivity contribution < 1.29 is 23.1 Å². The smallest absolute Gasteiger partial charge is 0.395 e. The predicted molar refractivity (Wildman–Crippen MR) is 99.6 cm³/mol. The third-order valence-corrected chi connectivity index (χ3v) is 4.77. The van der Waals surface area contributed by atoms with Crippen molar-refractivity contribution in [3.05, 3.63) is 101 Å². The number of nitro groups is 1. The van der Waals surface area contributed by atoms with Gasteiger partial charge in [-0.1, -0.05) is 36.4 Å². The Hall–Kier alpha value is -3.15. The van der Waals surface area contributed by atoms with Crippen LogP contribution in [0.5, 0.6) is 11.5 Å². The largest absolute Gasteiger partial charge is 0.587 e. The summed E-state index contributed by atoms with van der Waals surface area (Å²) in [6.07, 6.45) is 0. The molecule has 0 heterocycles. The average Bonchev–Trinajstić information content (AvgIpc) is 2.68. The van der Waals surface area contributed by atoms with Crippen LogP contribution in [0.3, 0.4) is 0 Å². The van der Waals surface area contributed by atoms with Gasteiger partial charge in [-0.25, -0.2) is 4.57 Å². The van der Waals surface area contributed by atoms with Crippen LogP contribution in [-0.4, -0.2) is 4.92 Å². The monoisotopic (exact) mass is 385 g/mol. The third kappa shape index (κ3) is 5.41. The fraction of sp³-hybridized carbons (Fsp3) is 0.0526. The topological polar surface area (TPSA) is 87.9 Å². The van der Waals surface area contributed by atoms with Crippen molar-refractivity contribution in [1.82, 2.24) is 0 Å². The van der Waals surface area contributed by atoms with E-state index in [9.17, 15) is 14.7 Å². The summed E-state index contributed by atoms with van der Waals surface area (Å²) < 4.78 is 29.6. The summed E-state index contributed by atoms with van der Waals surface area (Å²) in [4.78, 5) is 10.2. The lowest BCUT2D eigenvalue weighted by atomic mass is 10.2. The van der Waals surface area contributed by atoms with Crippen molar-refractivity contribution in [3.63, 3.8) is 0 Å². The molecule has 27 heavy (non-hydrogen) atoms. The molecule has 0 amide bonds. The lowest BCUT2D eigenvalue weighted by molar-refractivity contribution is -0.384. The zero-order chi connectivity index (χ0) is 19.1. The van der Waals surface area contributed by atoms with Crippen molar-refractivity contribution >= 4 is 13.5 Å². The molecule has 0 bridgehead atoms. The van der Waals surface area contributed by atoms with Crippen molar-refractivity contribution in [2.75, 3.05) is 0 Å². The van der Waals surface area contributed by atoms with Crippen molar-refractivity contribution in [2.24, 2.45) is 0 Å². The van der Waals surface area contributed by atoms with Crippen LogP contribution in [-0.2, 0) is 15.7 Å². The molecule has 0 aliphatic carbocycles. The molecule has 8 heteroatoms. The van der Waals surface area contributed by atoms with E-state index in [2.05, 4.69) is 0 Å². The van der Waals surface area contributed by atoms with Crippen LogP contribution >= 0.6 is 7.82 Å². The maximum atomic E-state index is 13.1. The molecular formula is C19H16NO6P. The SMILES string of the molecule is O=[N+]([O-])c1ccc(COP(=O)(Oc2ccccc2)Oc2ccccc2)cc1. The second-order valence-corrected chi connectivity index (χ2v) is 6.97. The van der Waals surface area contributed by atoms with Gasteiger partial charge < -0.3 is 9.05 Å². The van der Waals surface area contributed by atoms with Gasteiger partial charge in [0.25, 0.3) is 5.69 Å². The van der Waals surface area contributed by atoms with Gasteiger partial charge >= 0.3 is 7.82 Å². The molecule has 0 saturated carbocycles. The van der Waals surface area contributed by atoms with Gasteiger partial charge in [-0.15, -0.1) is 0 Å². The van der Waals surface area contributed by atoms with E-state index in [1.54, 1.807) is 60.7 Å². The maximum absolute atomic E-state index is 13.1. The molecule has 3 rings (SSSR count). The second kappa shape index (κ2) is 8.49. The van der Waals surface area contributed by atoms with Gasteiger partial charge in [-0.2, -0.15) is 0 Å². The van der Waals surface area contributed by atoms with Crippen LogP contribution in [0.1, 0.15) is 5.56 Å². The second-order valence-electron chi connectivity index (χ2n) is 5.45. The van der Waals surface area contributed by atoms with E-state index in [-0.39, 0.29) is 12.3 Å². The zero-order valence-corrected chi connectivity index (χ0v) is 15.0. The van der Waals surface area contributed by atoms with Gasteiger partial charge in [-0.3, -0.25) is 14.6 Å². The molecule has 3 aromatic rings. The first-order valence-electron chi connectivity index (χ1n) is 8.01. The van der Waals surface area contributed by atoms with Crippen LogP contribution in [0.25, 0.3) is 0 Å². The number of para-hydroxylation sites is 2. The van der Waals surface area contributed by atoms with E-state index in [4.69, 9.17) is 13.6 Å². The number of rotatable bonds is 8. The number of nitrogens with zero attached hydrogens (tertiary/aromatic N) is 1. The summed E-state index contributed by atoms with van der Waals surface area (Å²) in [7, 11) is -3.99. The first kappa shape index (κ1) is 18.6. The Bertz CT molecular complexity index is 886. The fourth-order valence-electron chi connectivity index (χ4n) is 2.16. The fourth-order valence-corrected chi connectivity index (χ4v) is 3.37. The molecule has 0 atom stereocenters. The van der Waals surface area contributed by atoms with Crippen LogP contribution in [0.2, 0.25) is 0 Å². The summed E-state index contributed by atoms with van der Waals surface area (Å²) in [6.45, 7) is -0.102. The minimum absolute atomic E-state index is 0.0389. The van der Waals surface area contributed by atoms with E-state index < -0.39 is 12.7 Å². The average molecular weight is 385 g/mol. The minimum Gasteiger partial charge on any atom is -0.395 e. The molecule has 0 radical (unpaired) electrons. The summed E-state index contributed by atoms with van der Waals surface area (Å²) in [5.74, 6) is 0.668. The van der Waals surface area contributed by atoms with Crippen LogP contribution in [0.4, 0.5) is 5.69 Å².